The van der Waals surface area contributed by atoms with E-state index in [4.69, 9.17) is 9.47 Å². The van der Waals surface area contributed by atoms with Gasteiger partial charge in [-0.05, 0) is 62.3 Å². The van der Waals surface area contributed by atoms with Gasteiger partial charge in [0.1, 0.15) is 17.5 Å². The van der Waals surface area contributed by atoms with Crippen molar-refractivity contribution in [2.45, 2.75) is 58.5 Å². The van der Waals surface area contributed by atoms with Crippen molar-refractivity contribution in [1.29, 1.82) is 0 Å². The van der Waals surface area contributed by atoms with E-state index in [-0.39, 0.29) is 42.2 Å². The van der Waals surface area contributed by atoms with Gasteiger partial charge in [-0.1, -0.05) is 26.0 Å². The second kappa shape index (κ2) is 14.0. The molecule has 3 atom stereocenters. The van der Waals surface area contributed by atoms with Crippen LogP contribution < -0.4 is 25.4 Å². The summed E-state index contributed by atoms with van der Waals surface area (Å²) in [5.41, 5.74) is 1.96. The van der Waals surface area contributed by atoms with Crippen LogP contribution in [0.1, 0.15) is 55.6 Å². The summed E-state index contributed by atoms with van der Waals surface area (Å²) in [6, 6.07) is 8.71. The molecule has 1 aromatic carbocycles. The van der Waals surface area contributed by atoms with Gasteiger partial charge in [0.05, 0.1) is 13.2 Å². The van der Waals surface area contributed by atoms with Crippen molar-refractivity contribution in [2.24, 2.45) is 11.8 Å². The number of nitrogens with one attached hydrogen (secondary N) is 4. The molecule has 0 unspecified atom stereocenters. The number of nitrogens with zero attached hydrogens (tertiary/aromatic N) is 1. The topological polar surface area (TPSA) is 152 Å². The normalized spacial score (nSPS) is 16.4. The van der Waals surface area contributed by atoms with Crippen LogP contribution in [0.15, 0.2) is 42.6 Å². The molecule has 4 rings (SSSR count). The standard InChI is InChI=1S/C31H39N5O6/c1-18(2)13-24(36-31(40)25-15-21-22(34-25)8-5-9-27(21)41-4)30(39)35-23(14-20-7-6-12-32-29(20)38)26(37)17-42-28-11-10-19(3)16-33-28/h5,8-11,15-16,18,20,23-24,34H,6-7,12-14,17H2,1-4H3,(H,32,38)(H,35,39)(H,36,40)/t20-,23-,24-/m0/s1. The van der Waals surface area contributed by atoms with E-state index in [1.54, 1.807) is 31.5 Å². The summed E-state index contributed by atoms with van der Waals surface area (Å²) < 4.78 is 11.0. The van der Waals surface area contributed by atoms with Crippen LogP contribution in [0.2, 0.25) is 0 Å². The fraction of sp³-hybridized carbons (Fsp3) is 0.452. The van der Waals surface area contributed by atoms with E-state index in [0.717, 1.165) is 22.9 Å². The first kappa shape index (κ1) is 30.5. The number of piperidine rings is 1. The predicted molar refractivity (Wildman–Crippen MR) is 157 cm³/mol. The number of pyridine rings is 1. The number of aryl methyl sites for hydroxylation is 1. The van der Waals surface area contributed by atoms with Crippen molar-refractivity contribution < 1.29 is 28.7 Å². The molecule has 0 saturated carbocycles. The number of H-pyrrole nitrogens is 1. The Bertz CT molecular complexity index is 1420. The fourth-order valence-corrected chi connectivity index (χ4v) is 5.04. The number of ether oxygens (including phenoxy) is 2. The minimum absolute atomic E-state index is 0.0677. The van der Waals surface area contributed by atoms with E-state index in [1.807, 2.05) is 39.0 Å². The highest BCUT2D eigenvalue weighted by molar-refractivity contribution is 6.02. The minimum atomic E-state index is -0.985. The number of methoxy groups -OCH3 is 1. The molecule has 0 radical (unpaired) electrons. The maximum Gasteiger partial charge on any atom is 0.268 e. The van der Waals surface area contributed by atoms with Gasteiger partial charge in [-0.25, -0.2) is 4.98 Å². The quantitative estimate of drug-likeness (QED) is 0.244. The monoisotopic (exact) mass is 577 g/mol. The lowest BCUT2D eigenvalue weighted by molar-refractivity contribution is -0.132. The molecule has 1 aliphatic rings. The lowest BCUT2D eigenvalue weighted by Crippen LogP contribution is -2.54. The summed E-state index contributed by atoms with van der Waals surface area (Å²) in [5, 5.41) is 9.23. The Kier molecular flexibility index (Phi) is 10.2. The Balaban J connectivity index is 1.50. The number of aromatic amines is 1. The highest BCUT2D eigenvalue weighted by atomic mass is 16.5. The van der Waals surface area contributed by atoms with Crippen LogP contribution >= 0.6 is 0 Å². The molecule has 1 aliphatic heterocycles. The number of benzene rings is 1. The number of aromatic nitrogens is 2. The fourth-order valence-electron chi connectivity index (χ4n) is 5.04. The van der Waals surface area contributed by atoms with Crippen LogP contribution in [-0.2, 0) is 14.4 Å². The molecule has 3 amide bonds. The molecule has 0 spiro atoms. The SMILES string of the molecule is COc1cccc2[nH]c(C(=O)N[C@@H](CC(C)C)C(=O)N[C@@H](C[C@@H]3CCCNC3=O)C(=O)COc3ccc(C)cn3)cc12. The summed E-state index contributed by atoms with van der Waals surface area (Å²) in [5.74, 6) is -0.948. The lowest BCUT2D eigenvalue weighted by atomic mass is 9.90. The third-order valence-electron chi connectivity index (χ3n) is 7.29. The Morgan fingerprint density at radius 1 is 1.12 bits per heavy atom. The van der Waals surface area contributed by atoms with Gasteiger partial charge in [0.15, 0.2) is 12.4 Å². The number of rotatable bonds is 13. The number of hydrogen-bond donors (Lipinski definition) is 4. The van der Waals surface area contributed by atoms with Crippen LogP contribution in [0, 0.1) is 18.8 Å². The highest BCUT2D eigenvalue weighted by Crippen LogP contribution is 2.26. The first-order valence-electron chi connectivity index (χ1n) is 14.3. The van der Waals surface area contributed by atoms with E-state index in [0.29, 0.717) is 25.1 Å². The van der Waals surface area contributed by atoms with Gasteiger partial charge in [-0.3, -0.25) is 19.2 Å². The maximum absolute atomic E-state index is 13.6. The summed E-state index contributed by atoms with van der Waals surface area (Å²) in [6.45, 7) is 6.04. The maximum atomic E-state index is 13.6. The number of Topliss-reactive ketones (excluding diaryl/α,β-unsaturated/α-hetero) is 1. The number of carbonyl (C=O) groups is 4. The van der Waals surface area contributed by atoms with Gasteiger partial charge in [0, 0.05) is 35.6 Å². The van der Waals surface area contributed by atoms with Gasteiger partial charge in [0.2, 0.25) is 17.7 Å². The predicted octanol–water partition coefficient (Wildman–Crippen LogP) is 3.07. The van der Waals surface area contributed by atoms with Crippen LogP contribution in [0.25, 0.3) is 10.9 Å². The third-order valence-corrected chi connectivity index (χ3v) is 7.29. The number of ketones is 1. The van der Waals surface area contributed by atoms with Gasteiger partial charge in [-0.2, -0.15) is 0 Å². The molecule has 3 heterocycles. The minimum Gasteiger partial charge on any atom is -0.496 e. The van der Waals surface area contributed by atoms with E-state index < -0.39 is 29.8 Å². The molecular formula is C31H39N5O6. The van der Waals surface area contributed by atoms with Crippen molar-refractivity contribution in [3.63, 3.8) is 0 Å². The zero-order valence-corrected chi connectivity index (χ0v) is 24.5. The van der Waals surface area contributed by atoms with E-state index in [9.17, 15) is 19.2 Å². The summed E-state index contributed by atoms with van der Waals surface area (Å²) in [6.07, 6.45) is 3.51. The molecule has 4 N–H and O–H groups in total. The molecular weight excluding hydrogens is 538 g/mol. The largest absolute Gasteiger partial charge is 0.496 e. The summed E-state index contributed by atoms with van der Waals surface area (Å²) in [7, 11) is 1.56. The first-order valence-corrected chi connectivity index (χ1v) is 14.3. The zero-order valence-electron chi connectivity index (χ0n) is 24.5. The average Bonchev–Trinajstić information content (AvgIpc) is 3.42. The first-order chi connectivity index (χ1) is 20.1. The Hall–Kier alpha value is -4.41. The van der Waals surface area contributed by atoms with Gasteiger partial charge in [-0.15, -0.1) is 0 Å². The van der Waals surface area contributed by atoms with Gasteiger partial charge >= 0.3 is 0 Å². The van der Waals surface area contributed by atoms with Crippen molar-refractivity contribution >= 4 is 34.4 Å². The second-order valence-electron chi connectivity index (χ2n) is 11.1. The molecule has 11 nitrogen and oxygen atoms in total. The molecule has 11 heteroatoms. The molecule has 3 aromatic rings. The van der Waals surface area contributed by atoms with Crippen LogP contribution in [0.4, 0.5) is 0 Å². The molecule has 0 aliphatic carbocycles. The second-order valence-corrected chi connectivity index (χ2v) is 11.1. The Morgan fingerprint density at radius 2 is 1.93 bits per heavy atom. The van der Waals surface area contributed by atoms with E-state index >= 15 is 0 Å². The van der Waals surface area contributed by atoms with Crippen molar-refractivity contribution in [1.82, 2.24) is 25.9 Å². The average molecular weight is 578 g/mol. The van der Waals surface area contributed by atoms with Gasteiger partial charge in [0.25, 0.3) is 5.91 Å². The highest BCUT2D eigenvalue weighted by Gasteiger charge is 2.33. The van der Waals surface area contributed by atoms with Crippen LogP contribution in [-0.4, -0.2) is 65.8 Å². The third kappa shape index (κ3) is 7.86. The van der Waals surface area contributed by atoms with Crippen LogP contribution in [0.3, 0.4) is 0 Å². The van der Waals surface area contributed by atoms with Crippen molar-refractivity contribution in [3.05, 3.63) is 53.9 Å². The molecule has 1 saturated heterocycles. The van der Waals surface area contributed by atoms with Gasteiger partial charge < -0.3 is 30.4 Å². The summed E-state index contributed by atoms with van der Waals surface area (Å²) >= 11 is 0. The Labute approximate surface area is 245 Å². The van der Waals surface area contributed by atoms with E-state index in [2.05, 4.69) is 25.9 Å². The Morgan fingerprint density at radius 3 is 2.62 bits per heavy atom. The molecule has 42 heavy (non-hydrogen) atoms. The zero-order chi connectivity index (χ0) is 30.2. The number of carbonyl (C=O) groups excluding carboxylic acids is 4. The number of fused-ring (bicyclic) bond motifs is 1. The number of amides is 3. The molecule has 2 aromatic heterocycles. The molecule has 1 fully saturated rings. The lowest BCUT2D eigenvalue weighted by Gasteiger charge is -2.28. The molecule has 0 bridgehead atoms. The van der Waals surface area contributed by atoms with E-state index in [1.165, 1.54) is 0 Å². The van der Waals surface area contributed by atoms with Crippen LogP contribution in [0.5, 0.6) is 11.6 Å². The van der Waals surface area contributed by atoms with Crippen molar-refractivity contribution in [2.75, 3.05) is 20.3 Å². The number of hydrogen-bond acceptors (Lipinski definition) is 7. The summed E-state index contributed by atoms with van der Waals surface area (Å²) in [4.78, 5) is 60.0. The molecule has 224 valence electrons. The van der Waals surface area contributed by atoms with Crippen molar-refractivity contribution in [3.8, 4) is 11.6 Å². The smallest absolute Gasteiger partial charge is 0.268 e.